The third kappa shape index (κ3) is 4.85. The van der Waals surface area contributed by atoms with Crippen LogP contribution in [0.15, 0.2) is 48.5 Å². The van der Waals surface area contributed by atoms with E-state index >= 15 is 0 Å². The molecule has 164 valence electrons. The molecule has 0 radical (unpaired) electrons. The van der Waals surface area contributed by atoms with Crippen LogP contribution < -0.4 is 14.9 Å². The van der Waals surface area contributed by atoms with Gasteiger partial charge in [-0.2, -0.15) is 13.2 Å². The summed E-state index contributed by atoms with van der Waals surface area (Å²) in [6.45, 7) is 1.52. The van der Waals surface area contributed by atoms with E-state index in [1.807, 2.05) is 0 Å². The van der Waals surface area contributed by atoms with Crippen molar-refractivity contribution >= 4 is 44.8 Å². The normalized spacial score (nSPS) is 18.0. The zero-order valence-corrected chi connectivity index (χ0v) is 16.8. The second-order valence-corrected chi connectivity index (χ2v) is 8.67. The first-order valence-electron chi connectivity index (χ1n) is 8.85. The average molecular weight is 455 g/mol. The number of sulfonamides is 1. The first-order valence-corrected chi connectivity index (χ1v) is 10.5. The maximum Gasteiger partial charge on any atom is 0.471 e. The van der Waals surface area contributed by atoms with Crippen molar-refractivity contribution in [2.75, 3.05) is 20.7 Å². The number of hydrogen-bond acceptors (Lipinski definition) is 5. The third-order valence-corrected chi connectivity index (χ3v) is 6.25. The van der Waals surface area contributed by atoms with Gasteiger partial charge in [-0.15, -0.1) is 0 Å². The molecule has 1 aliphatic rings. The lowest BCUT2D eigenvalue weighted by Gasteiger charge is -2.15. The molecule has 2 aromatic carbocycles. The quantitative estimate of drug-likeness (QED) is 0.736. The van der Waals surface area contributed by atoms with Gasteiger partial charge in [0, 0.05) is 16.9 Å². The highest BCUT2D eigenvalue weighted by atomic mass is 32.2. The van der Waals surface area contributed by atoms with Gasteiger partial charge in [0.2, 0.25) is 15.9 Å². The molecule has 1 unspecified atom stereocenters. The van der Waals surface area contributed by atoms with E-state index < -0.39 is 39.8 Å². The molecule has 12 heteroatoms. The van der Waals surface area contributed by atoms with Crippen LogP contribution in [0.3, 0.4) is 0 Å². The van der Waals surface area contributed by atoms with Crippen molar-refractivity contribution in [1.29, 1.82) is 0 Å². The molecule has 0 spiro atoms. The molecule has 2 N–H and O–H groups in total. The van der Waals surface area contributed by atoms with Gasteiger partial charge in [-0.1, -0.05) is 6.92 Å². The van der Waals surface area contributed by atoms with Crippen LogP contribution >= 0.6 is 0 Å². The Morgan fingerprint density at radius 2 is 1.48 bits per heavy atom. The first-order chi connectivity index (χ1) is 14.4. The number of carbonyl (C=O) groups excluding carboxylic acids is 3. The standard InChI is InChI=1S/C19H16F3N3O5S/c1-11-10-31(29,30)25(17(11)27)15-8-2-12(3-9-15)16(26)23-13-4-6-14(7-5-13)24-18(28)19(20,21)22/h2-9,11H,10H2,1H3,(H,23,26)(H,24,28). The number of halogens is 3. The molecule has 8 nitrogen and oxygen atoms in total. The third-order valence-electron chi connectivity index (χ3n) is 4.38. The van der Waals surface area contributed by atoms with Crippen molar-refractivity contribution in [3.63, 3.8) is 0 Å². The van der Waals surface area contributed by atoms with Crippen LogP contribution in [0.4, 0.5) is 30.2 Å². The maximum atomic E-state index is 12.4. The fourth-order valence-corrected chi connectivity index (χ4v) is 4.70. The Labute approximate surface area is 175 Å². The number of carbonyl (C=O) groups is 3. The Morgan fingerprint density at radius 3 is 1.94 bits per heavy atom. The minimum atomic E-state index is -5.02. The molecule has 1 heterocycles. The van der Waals surface area contributed by atoms with Crippen molar-refractivity contribution in [3.8, 4) is 0 Å². The van der Waals surface area contributed by atoms with E-state index in [2.05, 4.69) is 5.32 Å². The van der Waals surface area contributed by atoms with Crippen molar-refractivity contribution in [3.05, 3.63) is 54.1 Å². The lowest BCUT2D eigenvalue weighted by molar-refractivity contribution is -0.167. The number of amides is 3. The minimum absolute atomic E-state index is 0.101. The van der Waals surface area contributed by atoms with Crippen LogP contribution in [-0.2, 0) is 19.6 Å². The van der Waals surface area contributed by atoms with Gasteiger partial charge in [-0.3, -0.25) is 14.4 Å². The van der Waals surface area contributed by atoms with Gasteiger partial charge in [-0.25, -0.2) is 12.7 Å². The summed E-state index contributed by atoms with van der Waals surface area (Å²) in [6.07, 6.45) is -5.02. The van der Waals surface area contributed by atoms with Crippen molar-refractivity contribution in [1.82, 2.24) is 0 Å². The molecule has 31 heavy (non-hydrogen) atoms. The Hall–Kier alpha value is -3.41. The molecule has 3 amide bonds. The monoisotopic (exact) mass is 455 g/mol. The molecule has 0 aliphatic carbocycles. The summed E-state index contributed by atoms with van der Waals surface area (Å²) in [4.78, 5) is 35.4. The molecule has 1 atom stereocenters. The molecular formula is C19H16F3N3O5S. The predicted molar refractivity (Wildman–Crippen MR) is 106 cm³/mol. The Bertz CT molecular complexity index is 1130. The van der Waals surface area contributed by atoms with Crippen LogP contribution in [0.2, 0.25) is 0 Å². The zero-order chi connectivity index (χ0) is 23.0. The maximum absolute atomic E-state index is 12.4. The smallest absolute Gasteiger partial charge is 0.322 e. The van der Waals surface area contributed by atoms with E-state index in [0.29, 0.717) is 4.31 Å². The van der Waals surface area contributed by atoms with Crippen LogP contribution in [0.25, 0.3) is 0 Å². The highest BCUT2D eigenvalue weighted by molar-refractivity contribution is 7.94. The number of rotatable bonds is 4. The van der Waals surface area contributed by atoms with Crippen LogP contribution in [0.1, 0.15) is 17.3 Å². The Kier molecular flexibility index (Phi) is 5.77. The first kappa shape index (κ1) is 22.3. The lowest BCUT2D eigenvalue weighted by Crippen LogP contribution is -2.30. The highest BCUT2D eigenvalue weighted by Gasteiger charge is 2.42. The summed E-state index contributed by atoms with van der Waals surface area (Å²) in [7, 11) is -3.76. The molecule has 0 saturated carbocycles. The van der Waals surface area contributed by atoms with E-state index in [4.69, 9.17) is 0 Å². The van der Waals surface area contributed by atoms with Crippen molar-refractivity contribution in [2.45, 2.75) is 13.1 Å². The van der Waals surface area contributed by atoms with E-state index in [1.54, 1.807) is 5.32 Å². The number of hydrogen-bond donors (Lipinski definition) is 2. The SMILES string of the molecule is CC1CS(=O)(=O)N(c2ccc(C(=O)Nc3ccc(NC(=O)C(F)(F)F)cc3)cc2)C1=O. The van der Waals surface area contributed by atoms with Gasteiger partial charge < -0.3 is 10.6 Å². The predicted octanol–water partition coefficient (Wildman–Crippen LogP) is 2.75. The van der Waals surface area contributed by atoms with E-state index in [1.165, 1.54) is 55.5 Å². The molecule has 1 aliphatic heterocycles. The molecule has 1 saturated heterocycles. The summed E-state index contributed by atoms with van der Waals surface area (Å²) in [5, 5.41) is 4.20. The second kappa shape index (κ2) is 8.02. The Balaban J connectivity index is 1.68. The fraction of sp³-hybridized carbons (Fsp3) is 0.211. The molecule has 0 bridgehead atoms. The highest BCUT2D eigenvalue weighted by Crippen LogP contribution is 2.28. The summed E-state index contributed by atoms with van der Waals surface area (Å²) in [5.41, 5.74) is 0.437. The largest absolute Gasteiger partial charge is 0.471 e. The zero-order valence-electron chi connectivity index (χ0n) is 15.9. The number of nitrogens with one attached hydrogen (secondary N) is 2. The van der Waals surface area contributed by atoms with Gasteiger partial charge >= 0.3 is 12.1 Å². The lowest BCUT2D eigenvalue weighted by atomic mass is 10.1. The van der Waals surface area contributed by atoms with Gasteiger partial charge in [0.15, 0.2) is 0 Å². The summed E-state index contributed by atoms with van der Waals surface area (Å²) >= 11 is 0. The number of benzene rings is 2. The fourth-order valence-electron chi connectivity index (χ4n) is 2.88. The van der Waals surface area contributed by atoms with Crippen LogP contribution in [0, 0.1) is 5.92 Å². The van der Waals surface area contributed by atoms with Gasteiger partial charge in [-0.05, 0) is 48.5 Å². The molecule has 2 aromatic rings. The molecule has 0 aromatic heterocycles. The van der Waals surface area contributed by atoms with E-state index in [0.717, 1.165) is 0 Å². The molecule has 1 fully saturated rings. The van der Waals surface area contributed by atoms with Gasteiger partial charge in [0.05, 0.1) is 17.4 Å². The number of alkyl halides is 3. The van der Waals surface area contributed by atoms with Gasteiger partial charge in [0.1, 0.15) is 0 Å². The Morgan fingerprint density at radius 1 is 0.968 bits per heavy atom. The minimum Gasteiger partial charge on any atom is -0.322 e. The van der Waals surface area contributed by atoms with Crippen molar-refractivity contribution < 1.29 is 36.0 Å². The van der Waals surface area contributed by atoms with Crippen LogP contribution in [-0.4, -0.2) is 38.1 Å². The average Bonchev–Trinajstić information content (AvgIpc) is 2.89. The van der Waals surface area contributed by atoms with E-state index in [-0.39, 0.29) is 28.4 Å². The van der Waals surface area contributed by atoms with E-state index in [9.17, 15) is 36.0 Å². The van der Waals surface area contributed by atoms with Crippen molar-refractivity contribution in [2.24, 2.45) is 5.92 Å². The summed E-state index contributed by atoms with van der Waals surface area (Å²) < 4.78 is 61.8. The summed E-state index contributed by atoms with van der Waals surface area (Å²) in [5.74, 6) is -4.17. The number of anilines is 3. The van der Waals surface area contributed by atoms with Gasteiger partial charge in [0.25, 0.3) is 5.91 Å². The topological polar surface area (TPSA) is 113 Å². The second-order valence-electron chi connectivity index (χ2n) is 6.81. The number of nitrogens with zero attached hydrogens (tertiary/aromatic N) is 1. The summed E-state index contributed by atoms with van der Waals surface area (Å²) in [6, 6.07) is 10.3. The van der Waals surface area contributed by atoms with Crippen LogP contribution in [0.5, 0.6) is 0 Å². The molecule has 3 rings (SSSR count). The molecular weight excluding hydrogens is 439 g/mol.